The largest absolute Gasteiger partial charge is 0.337 e. The van der Waals surface area contributed by atoms with Crippen molar-refractivity contribution in [2.24, 2.45) is 7.05 Å². The third-order valence-corrected chi connectivity index (χ3v) is 6.68. The van der Waals surface area contributed by atoms with E-state index in [0.717, 1.165) is 40.8 Å². The number of aromatic nitrogens is 3. The van der Waals surface area contributed by atoms with Crippen molar-refractivity contribution in [1.82, 2.24) is 24.4 Å². The molecule has 0 aliphatic carbocycles. The summed E-state index contributed by atoms with van der Waals surface area (Å²) in [5.74, 6) is 0.842. The lowest BCUT2D eigenvalue weighted by atomic mass is 10.1. The van der Waals surface area contributed by atoms with E-state index in [1.807, 2.05) is 55.9 Å². The predicted octanol–water partition coefficient (Wildman–Crippen LogP) is 3.69. The molecule has 0 saturated carbocycles. The van der Waals surface area contributed by atoms with Crippen LogP contribution >= 0.6 is 11.6 Å². The number of fused-ring (bicyclic) bond motifs is 1. The zero-order valence-electron chi connectivity index (χ0n) is 18.0. The highest BCUT2D eigenvalue weighted by atomic mass is 35.5. The molecule has 2 amide bonds. The van der Waals surface area contributed by atoms with Crippen molar-refractivity contribution in [3.8, 4) is 5.82 Å². The number of nitrogens with one attached hydrogen (secondary N) is 2. The van der Waals surface area contributed by atoms with E-state index in [-0.39, 0.29) is 12.3 Å². The van der Waals surface area contributed by atoms with Gasteiger partial charge in [-0.3, -0.25) is 4.68 Å². The van der Waals surface area contributed by atoms with E-state index in [9.17, 15) is 13.2 Å². The molecule has 0 aliphatic rings. The van der Waals surface area contributed by atoms with E-state index < -0.39 is 16.1 Å². The van der Waals surface area contributed by atoms with Crippen molar-refractivity contribution in [1.29, 1.82) is 0 Å². The van der Waals surface area contributed by atoms with Crippen LogP contribution in [0.3, 0.4) is 0 Å². The number of hydrogen-bond donors (Lipinski definition) is 2. The highest BCUT2D eigenvalue weighted by Crippen LogP contribution is 2.26. The topological polar surface area (TPSA) is 98.0 Å². The Hall–Kier alpha value is -2.52. The number of nitrogens with zero attached hydrogens (tertiary/aromatic N) is 3. The number of halogens is 1. The third-order valence-electron chi connectivity index (χ3n) is 5.12. The maximum absolute atomic E-state index is 12.1. The molecule has 2 N–H and O–H groups in total. The molecule has 10 heteroatoms. The number of benzene rings is 1. The minimum Gasteiger partial charge on any atom is -0.337 e. The van der Waals surface area contributed by atoms with Crippen LogP contribution in [-0.2, 0) is 23.5 Å². The highest BCUT2D eigenvalue weighted by Gasteiger charge is 2.18. The van der Waals surface area contributed by atoms with Crippen LogP contribution < -0.4 is 10.0 Å². The Kier molecular flexibility index (Phi) is 7.27. The highest BCUT2D eigenvalue weighted by molar-refractivity contribution is 7.90. The second-order valence-electron chi connectivity index (χ2n) is 7.53. The first-order chi connectivity index (χ1) is 14.7. The Morgan fingerprint density at radius 1 is 1.23 bits per heavy atom. The van der Waals surface area contributed by atoms with Crippen molar-refractivity contribution >= 4 is 38.6 Å². The molecule has 0 fully saturated rings. The van der Waals surface area contributed by atoms with Crippen LogP contribution in [0.25, 0.3) is 16.7 Å². The number of urea groups is 1. The van der Waals surface area contributed by atoms with Gasteiger partial charge in [-0.15, -0.1) is 0 Å². The Morgan fingerprint density at radius 2 is 2.00 bits per heavy atom. The molecule has 8 nitrogen and oxygen atoms in total. The van der Waals surface area contributed by atoms with Crippen LogP contribution in [0.15, 0.2) is 30.5 Å². The Morgan fingerprint density at radius 3 is 2.74 bits per heavy atom. The maximum Gasteiger partial charge on any atom is 0.328 e. The van der Waals surface area contributed by atoms with Crippen molar-refractivity contribution in [2.45, 2.75) is 39.5 Å². The van der Waals surface area contributed by atoms with Crippen LogP contribution in [0.1, 0.15) is 37.4 Å². The summed E-state index contributed by atoms with van der Waals surface area (Å²) in [7, 11) is -1.75. The zero-order valence-corrected chi connectivity index (χ0v) is 19.6. The summed E-state index contributed by atoms with van der Waals surface area (Å²) >= 11 is 6.10. The lowest BCUT2D eigenvalue weighted by Gasteiger charge is -2.11. The molecule has 2 heterocycles. The fourth-order valence-electron chi connectivity index (χ4n) is 3.65. The van der Waals surface area contributed by atoms with Crippen LogP contribution in [0.2, 0.25) is 5.02 Å². The molecular weight excluding hydrogens is 438 g/mol. The number of hydrogen-bond acceptors (Lipinski definition) is 4. The molecule has 168 valence electrons. The van der Waals surface area contributed by atoms with Gasteiger partial charge in [0, 0.05) is 35.8 Å². The molecule has 0 radical (unpaired) electrons. The molecule has 0 saturated heterocycles. The van der Waals surface area contributed by atoms with Crippen molar-refractivity contribution in [3.63, 3.8) is 0 Å². The predicted molar refractivity (Wildman–Crippen MR) is 123 cm³/mol. The monoisotopic (exact) mass is 465 g/mol. The fraction of sp³-hybridized carbons (Fsp3) is 0.429. The van der Waals surface area contributed by atoms with Crippen LogP contribution in [0, 0.1) is 6.92 Å². The number of carbonyl (C=O) groups is 1. The lowest BCUT2D eigenvalue weighted by molar-refractivity contribution is 0.246. The van der Waals surface area contributed by atoms with Crippen molar-refractivity contribution < 1.29 is 13.2 Å². The van der Waals surface area contributed by atoms with Crippen LogP contribution in [0.4, 0.5) is 4.79 Å². The maximum atomic E-state index is 12.1. The van der Waals surface area contributed by atoms with Gasteiger partial charge in [-0.2, -0.15) is 5.10 Å². The number of amides is 2. The number of aryl methyl sites for hydroxylation is 2. The Balaban J connectivity index is 1.70. The molecule has 31 heavy (non-hydrogen) atoms. The van der Waals surface area contributed by atoms with E-state index in [2.05, 4.69) is 15.1 Å². The summed E-state index contributed by atoms with van der Waals surface area (Å²) in [5.41, 5.74) is 2.82. The number of sulfonamides is 1. The molecule has 2 aromatic heterocycles. The Bertz CT molecular complexity index is 1180. The third kappa shape index (κ3) is 5.59. The van der Waals surface area contributed by atoms with Crippen molar-refractivity contribution in [3.05, 3.63) is 46.7 Å². The molecule has 3 rings (SSSR count). The molecule has 0 bridgehead atoms. The second-order valence-corrected chi connectivity index (χ2v) is 9.81. The average Bonchev–Trinajstić information content (AvgIpc) is 3.20. The van der Waals surface area contributed by atoms with E-state index in [1.165, 1.54) is 0 Å². The minimum atomic E-state index is -3.62. The molecule has 3 aromatic rings. The average molecular weight is 466 g/mol. The summed E-state index contributed by atoms with van der Waals surface area (Å²) in [4.78, 5) is 12.1. The molecule has 0 unspecified atom stereocenters. The van der Waals surface area contributed by atoms with Crippen LogP contribution in [0.5, 0.6) is 0 Å². The summed E-state index contributed by atoms with van der Waals surface area (Å²) in [6, 6.07) is 6.99. The first-order valence-electron chi connectivity index (χ1n) is 10.3. The zero-order chi connectivity index (χ0) is 22.6. The second kappa shape index (κ2) is 9.74. The molecule has 1 aromatic carbocycles. The SMILES string of the molecule is CCCCCS(=O)(=O)NC(=O)NCCc1c(C)nn(C)c1-n1ccc2cc(Cl)ccc21. The summed E-state index contributed by atoms with van der Waals surface area (Å²) in [5, 5.41) is 8.86. The molecular formula is C21H28ClN5O3S. The van der Waals surface area contributed by atoms with Gasteiger partial charge in [0.2, 0.25) is 10.0 Å². The number of carbonyl (C=O) groups excluding carboxylic acids is 1. The van der Waals surface area contributed by atoms with E-state index in [1.54, 1.807) is 4.68 Å². The first kappa shape index (κ1) is 23.1. The van der Waals surface area contributed by atoms with Gasteiger partial charge in [0.25, 0.3) is 0 Å². The smallest absolute Gasteiger partial charge is 0.328 e. The van der Waals surface area contributed by atoms with Gasteiger partial charge < -0.3 is 9.88 Å². The standard InChI is InChI=1S/C21H28ClN5O3S/c1-4-5-6-13-31(29,30)25-21(28)23-11-9-18-15(2)24-26(3)20(18)27-12-10-16-14-17(22)7-8-19(16)27/h7-8,10,12,14H,4-6,9,11,13H2,1-3H3,(H2,23,25,28). The van der Waals surface area contributed by atoms with Gasteiger partial charge in [-0.1, -0.05) is 31.4 Å². The van der Waals surface area contributed by atoms with Crippen LogP contribution in [-0.4, -0.2) is 41.1 Å². The first-order valence-corrected chi connectivity index (χ1v) is 12.3. The van der Waals surface area contributed by atoms with Gasteiger partial charge in [0.15, 0.2) is 0 Å². The summed E-state index contributed by atoms with van der Waals surface area (Å²) in [6.07, 6.45) is 4.73. The lowest BCUT2D eigenvalue weighted by Crippen LogP contribution is -2.41. The quantitative estimate of drug-likeness (QED) is 0.471. The Labute approximate surface area is 187 Å². The van der Waals surface area contributed by atoms with E-state index >= 15 is 0 Å². The van der Waals surface area contributed by atoms with Gasteiger partial charge >= 0.3 is 6.03 Å². The molecule has 0 atom stereocenters. The van der Waals surface area contributed by atoms with Gasteiger partial charge in [-0.05, 0) is 44.0 Å². The van der Waals surface area contributed by atoms with Crippen molar-refractivity contribution in [2.75, 3.05) is 12.3 Å². The van der Waals surface area contributed by atoms with Gasteiger partial charge in [0.05, 0.1) is 17.0 Å². The number of rotatable bonds is 9. The number of unbranched alkanes of at least 4 members (excludes halogenated alkanes) is 2. The van der Waals surface area contributed by atoms with Gasteiger partial charge in [-0.25, -0.2) is 17.9 Å². The normalized spacial score (nSPS) is 11.7. The van der Waals surface area contributed by atoms with E-state index in [0.29, 0.717) is 17.9 Å². The molecule has 0 aliphatic heterocycles. The summed E-state index contributed by atoms with van der Waals surface area (Å²) in [6.45, 7) is 4.19. The van der Waals surface area contributed by atoms with E-state index in [4.69, 9.17) is 11.6 Å². The molecule has 0 spiro atoms. The fourth-order valence-corrected chi connectivity index (χ4v) is 4.87. The van der Waals surface area contributed by atoms with Gasteiger partial charge in [0.1, 0.15) is 5.82 Å². The minimum absolute atomic E-state index is 0.0508. The summed E-state index contributed by atoms with van der Waals surface area (Å²) < 4.78 is 29.9.